The van der Waals surface area contributed by atoms with Crippen molar-refractivity contribution in [2.24, 2.45) is 5.10 Å². The topological polar surface area (TPSA) is 70.6 Å². The van der Waals surface area contributed by atoms with Gasteiger partial charge in [-0.15, -0.1) is 0 Å². The Morgan fingerprint density at radius 2 is 1.59 bits per heavy atom. The molecule has 0 saturated heterocycles. The molecule has 0 spiro atoms. The highest BCUT2D eigenvalue weighted by Gasteiger charge is 2.13. The van der Waals surface area contributed by atoms with E-state index in [1.54, 1.807) is 54.7 Å². The van der Waals surface area contributed by atoms with E-state index in [-0.39, 0.29) is 5.91 Å². The zero-order valence-electron chi connectivity index (χ0n) is 14.2. The number of benzene rings is 3. The predicted octanol–water partition coefficient (Wildman–Crippen LogP) is 4.31. The molecule has 0 heterocycles. The highest BCUT2D eigenvalue weighted by molar-refractivity contribution is 14.1. The first-order valence-electron chi connectivity index (χ1n) is 8.18. The number of halogens is 1. The quantitative estimate of drug-likeness (QED) is 0.332. The number of hydrogen-bond acceptors (Lipinski definition) is 3. The van der Waals surface area contributed by atoms with Crippen LogP contribution in [-0.2, 0) is 0 Å². The summed E-state index contributed by atoms with van der Waals surface area (Å²) in [7, 11) is 0. The number of hydrazone groups is 1. The van der Waals surface area contributed by atoms with Crippen LogP contribution in [0.4, 0.5) is 5.69 Å². The van der Waals surface area contributed by atoms with Crippen LogP contribution in [0.3, 0.4) is 0 Å². The van der Waals surface area contributed by atoms with Gasteiger partial charge in [-0.05, 0) is 64.6 Å². The van der Waals surface area contributed by atoms with Gasteiger partial charge in [0, 0.05) is 9.13 Å². The molecular weight excluding hydrogens is 453 g/mol. The molecule has 5 nitrogen and oxygen atoms in total. The standard InChI is InChI=1S/C21H16IN3O2/c22-17-10-6-7-15(13-17)14-23-25-21(27)18-11-4-5-12-19(18)24-20(26)16-8-2-1-3-9-16/h1-14H,(H,24,26)(H,25,27)/b23-14-. The van der Waals surface area contributed by atoms with Crippen molar-refractivity contribution in [1.29, 1.82) is 0 Å². The third-order valence-electron chi connectivity index (χ3n) is 3.68. The molecule has 0 bridgehead atoms. The lowest BCUT2D eigenvalue weighted by Gasteiger charge is -2.10. The summed E-state index contributed by atoms with van der Waals surface area (Å²) in [4.78, 5) is 24.8. The van der Waals surface area contributed by atoms with Crippen LogP contribution in [0, 0.1) is 3.57 Å². The zero-order chi connectivity index (χ0) is 19.1. The highest BCUT2D eigenvalue weighted by atomic mass is 127. The number of carbonyl (C=O) groups is 2. The molecule has 2 N–H and O–H groups in total. The van der Waals surface area contributed by atoms with Gasteiger partial charge in [-0.1, -0.05) is 42.5 Å². The summed E-state index contributed by atoms with van der Waals surface area (Å²) in [5.41, 5.74) is 4.66. The van der Waals surface area contributed by atoms with Crippen molar-refractivity contribution in [3.05, 3.63) is 99.1 Å². The number of hydrogen-bond donors (Lipinski definition) is 2. The van der Waals surface area contributed by atoms with E-state index in [0.29, 0.717) is 16.8 Å². The summed E-state index contributed by atoms with van der Waals surface area (Å²) in [5, 5.41) is 6.77. The number of para-hydroxylation sites is 1. The highest BCUT2D eigenvalue weighted by Crippen LogP contribution is 2.16. The number of nitrogens with one attached hydrogen (secondary N) is 2. The Kier molecular flexibility index (Phi) is 6.32. The Bertz CT molecular complexity index is 987. The number of nitrogens with zero attached hydrogens (tertiary/aromatic N) is 1. The Hall–Kier alpha value is -3.00. The summed E-state index contributed by atoms with van der Waals surface area (Å²) in [6, 6.07) is 23.4. The third kappa shape index (κ3) is 5.24. The van der Waals surface area contributed by atoms with Crippen LogP contribution in [0.2, 0.25) is 0 Å². The Balaban J connectivity index is 1.71. The van der Waals surface area contributed by atoms with Crippen LogP contribution in [0.15, 0.2) is 84.0 Å². The maximum atomic E-state index is 12.5. The van der Waals surface area contributed by atoms with E-state index in [4.69, 9.17) is 0 Å². The fraction of sp³-hybridized carbons (Fsp3) is 0. The summed E-state index contributed by atoms with van der Waals surface area (Å²) in [5.74, 6) is -0.681. The fourth-order valence-corrected chi connectivity index (χ4v) is 2.95. The van der Waals surface area contributed by atoms with Gasteiger partial charge in [0.25, 0.3) is 11.8 Å². The Morgan fingerprint density at radius 1 is 0.852 bits per heavy atom. The maximum absolute atomic E-state index is 12.5. The largest absolute Gasteiger partial charge is 0.321 e. The number of rotatable bonds is 5. The first-order valence-corrected chi connectivity index (χ1v) is 9.26. The molecule has 0 aromatic heterocycles. The van der Waals surface area contributed by atoms with Gasteiger partial charge in [-0.2, -0.15) is 5.10 Å². The van der Waals surface area contributed by atoms with E-state index in [9.17, 15) is 9.59 Å². The lowest BCUT2D eigenvalue weighted by atomic mass is 10.1. The average molecular weight is 469 g/mol. The van der Waals surface area contributed by atoms with Gasteiger partial charge in [0.15, 0.2) is 0 Å². The van der Waals surface area contributed by atoms with Gasteiger partial charge in [-0.3, -0.25) is 9.59 Å². The number of anilines is 1. The fourth-order valence-electron chi connectivity index (χ4n) is 2.39. The van der Waals surface area contributed by atoms with Crippen LogP contribution >= 0.6 is 22.6 Å². The van der Waals surface area contributed by atoms with Gasteiger partial charge < -0.3 is 5.32 Å². The van der Waals surface area contributed by atoms with Crippen LogP contribution in [0.1, 0.15) is 26.3 Å². The number of amides is 2. The van der Waals surface area contributed by atoms with Crippen LogP contribution in [0.5, 0.6) is 0 Å². The first kappa shape index (κ1) is 18.8. The molecule has 3 aromatic rings. The second-order valence-corrected chi connectivity index (χ2v) is 6.87. The van der Waals surface area contributed by atoms with E-state index < -0.39 is 5.91 Å². The van der Waals surface area contributed by atoms with Gasteiger partial charge in [0.1, 0.15) is 0 Å². The molecule has 0 atom stereocenters. The van der Waals surface area contributed by atoms with E-state index in [1.165, 1.54) is 0 Å². The van der Waals surface area contributed by atoms with Crippen molar-refractivity contribution in [2.75, 3.05) is 5.32 Å². The molecule has 0 fully saturated rings. The minimum Gasteiger partial charge on any atom is -0.321 e. The van der Waals surface area contributed by atoms with Gasteiger partial charge >= 0.3 is 0 Å². The van der Waals surface area contributed by atoms with Crippen molar-refractivity contribution in [1.82, 2.24) is 5.43 Å². The molecule has 3 rings (SSSR count). The molecular formula is C21H16IN3O2. The maximum Gasteiger partial charge on any atom is 0.273 e. The molecule has 0 unspecified atom stereocenters. The molecule has 6 heteroatoms. The summed E-state index contributed by atoms with van der Waals surface area (Å²) in [6.07, 6.45) is 1.57. The molecule has 134 valence electrons. The normalized spacial score (nSPS) is 10.6. The van der Waals surface area contributed by atoms with Crippen molar-refractivity contribution in [2.45, 2.75) is 0 Å². The average Bonchev–Trinajstić information content (AvgIpc) is 2.69. The molecule has 0 aliphatic heterocycles. The summed E-state index contributed by atoms with van der Waals surface area (Å²) < 4.78 is 1.08. The van der Waals surface area contributed by atoms with Crippen LogP contribution in [-0.4, -0.2) is 18.0 Å². The van der Waals surface area contributed by atoms with E-state index in [0.717, 1.165) is 9.13 Å². The second-order valence-electron chi connectivity index (χ2n) is 5.62. The van der Waals surface area contributed by atoms with Crippen LogP contribution < -0.4 is 10.7 Å². The van der Waals surface area contributed by atoms with E-state index in [2.05, 4.69) is 38.4 Å². The SMILES string of the molecule is O=C(Nc1ccccc1C(=O)N/N=C\c1cccc(I)c1)c1ccccc1. The summed E-state index contributed by atoms with van der Waals surface area (Å²) in [6.45, 7) is 0. The molecule has 2 amide bonds. The zero-order valence-corrected chi connectivity index (χ0v) is 16.4. The monoisotopic (exact) mass is 469 g/mol. The van der Waals surface area contributed by atoms with Crippen LogP contribution in [0.25, 0.3) is 0 Å². The summed E-state index contributed by atoms with van der Waals surface area (Å²) >= 11 is 2.21. The molecule has 0 aliphatic rings. The minimum atomic E-state index is -0.402. The Labute approximate surface area is 170 Å². The molecule has 0 aliphatic carbocycles. The predicted molar refractivity (Wildman–Crippen MR) is 115 cm³/mol. The van der Waals surface area contributed by atoms with E-state index in [1.807, 2.05) is 30.3 Å². The first-order chi connectivity index (χ1) is 13.1. The van der Waals surface area contributed by atoms with Gasteiger partial charge in [0.05, 0.1) is 17.5 Å². The molecule has 27 heavy (non-hydrogen) atoms. The molecule has 0 radical (unpaired) electrons. The third-order valence-corrected chi connectivity index (χ3v) is 4.36. The van der Waals surface area contributed by atoms with E-state index >= 15 is 0 Å². The number of carbonyl (C=O) groups excluding carboxylic acids is 2. The smallest absolute Gasteiger partial charge is 0.273 e. The minimum absolute atomic E-state index is 0.279. The van der Waals surface area contributed by atoms with Gasteiger partial charge in [-0.25, -0.2) is 5.43 Å². The molecule has 0 saturated carbocycles. The van der Waals surface area contributed by atoms with Gasteiger partial charge in [0.2, 0.25) is 0 Å². The lowest BCUT2D eigenvalue weighted by Crippen LogP contribution is -2.21. The molecule has 3 aromatic carbocycles. The van der Waals surface area contributed by atoms with Crippen molar-refractivity contribution in [3.63, 3.8) is 0 Å². The van der Waals surface area contributed by atoms with Crippen molar-refractivity contribution < 1.29 is 9.59 Å². The Morgan fingerprint density at radius 3 is 2.37 bits per heavy atom. The van der Waals surface area contributed by atoms with Crippen molar-refractivity contribution in [3.8, 4) is 0 Å². The van der Waals surface area contributed by atoms with Crippen molar-refractivity contribution >= 4 is 46.3 Å². The second kappa shape index (κ2) is 9.09. The lowest BCUT2D eigenvalue weighted by molar-refractivity contribution is 0.0956.